The van der Waals surface area contributed by atoms with Gasteiger partial charge in [0.25, 0.3) is 0 Å². The van der Waals surface area contributed by atoms with Gasteiger partial charge in [0, 0.05) is 11.3 Å². The fourth-order valence-corrected chi connectivity index (χ4v) is 3.74. The van der Waals surface area contributed by atoms with Gasteiger partial charge in [0.05, 0.1) is 27.7 Å². The Morgan fingerprint density at radius 2 is 1.95 bits per heavy atom. The molecule has 0 spiro atoms. The second-order valence-corrected chi connectivity index (χ2v) is 7.70. The van der Waals surface area contributed by atoms with Crippen LogP contribution in [0.15, 0.2) is 24.3 Å². The first-order valence-electron chi connectivity index (χ1n) is 7.69. The maximum atomic E-state index is 2.50. The number of hydrogen-bond donors (Lipinski definition) is 0. The van der Waals surface area contributed by atoms with Crippen LogP contribution in [-0.2, 0) is 5.41 Å². The average molecular weight is 260 g/mol. The van der Waals surface area contributed by atoms with Crippen LogP contribution in [-0.4, -0.2) is 32.2 Å². The highest BCUT2D eigenvalue weighted by atomic mass is 15.3. The quantitative estimate of drug-likeness (QED) is 0.716. The average Bonchev–Trinajstić information content (AvgIpc) is 2.31. The van der Waals surface area contributed by atoms with Crippen LogP contribution in [0.3, 0.4) is 0 Å². The monoisotopic (exact) mass is 260 g/mol. The van der Waals surface area contributed by atoms with E-state index in [-0.39, 0.29) is 0 Å². The second kappa shape index (κ2) is 5.28. The van der Waals surface area contributed by atoms with Crippen LogP contribution >= 0.6 is 0 Å². The third-order valence-corrected chi connectivity index (χ3v) is 4.85. The summed E-state index contributed by atoms with van der Waals surface area (Å²) in [5.74, 6) is 0.808. The predicted molar refractivity (Wildman–Crippen MR) is 83.4 cm³/mol. The molecular weight excluding hydrogens is 230 g/mol. The molecule has 1 aliphatic carbocycles. The van der Waals surface area contributed by atoms with Crippen molar-refractivity contribution < 1.29 is 4.48 Å². The fraction of sp³-hybridized carbons (Fsp3) is 0.667. The van der Waals surface area contributed by atoms with E-state index in [1.807, 2.05) is 0 Å². The molecule has 0 saturated heterocycles. The van der Waals surface area contributed by atoms with Gasteiger partial charge in [-0.15, -0.1) is 0 Å². The van der Waals surface area contributed by atoms with E-state index in [2.05, 4.69) is 59.3 Å². The van der Waals surface area contributed by atoms with Gasteiger partial charge < -0.3 is 4.48 Å². The van der Waals surface area contributed by atoms with Crippen LogP contribution in [0, 0.1) is 12.8 Å². The van der Waals surface area contributed by atoms with Crippen LogP contribution in [0.4, 0.5) is 0 Å². The highest BCUT2D eigenvalue weighted by Crippen LogP contribution is 2.44. The van der Waals surface area contributed by atoms with Gasteiger partial charge >= 0.3 is 0 Å². The number of hydrogen-bond acceptors (Lipinski definition) is 0. The normalized spacial score (nSPS) is 28.4. The summed E-state index contributed by atoms with van der Waals surface area (Å²) in [7, 11) is 6.97. The first kappa shape index (κ1) is 14.6. The molecule has 0 heterocycles. The molecule has 0 aromatic heterocycles. The molecule has 1 aliphatic rings. The van der Waals surface area contributed by atoms with Gasteiger partial charge in [0.2, 0.25) is 0 Å². The van der Waals surface area contributed by atoms with Crippen molar-refractivity contribution in [3.8, 4) is 0 Å². The Bertz CT molecular complexity index is 430. The highest BCUT2D eigenvalue weighted by Gasteiger charge is 2.40. The lowest BCUT2D eigenvalue weighted by Crippen LogP contribution is -2.47. The van der Waals surface area contributed by atoms with Gasteiger partial charge in [-0.05, 0) is 25.3 Å². The molecule has 1 aromatic rings. The number of quaternary nitrogens is 1. The Kier molecular flexibility index (Phi) is 4.06. The highest BCUT2D eigenvalue weighted by molar-refractivity contribution is 5.30. The Balaban J connectivity index is 2.31. The summed E-state index contributed by atoms with van der Waals surface area (Å²) in [6.07, 6.45) is 5.53. The van der Waals surface area contributed by atoms with E-state index in [0.717, 1.165) is 10.4 Å². The maximum absolute atomic E-state index is 2.50. The van der Waals surface area contributed by atoms with Gasteiger partial charge in [-0.2, -0.15) is 0 Å². The standard InChI is InChI=1S/C18H30N/c1-15-9-8-11-16(13-15)18(2)12-7-6-10-17(18)14-19(3,4)5/h8-9,11,13,17H,6-7,10,12,14H2,1-5H3/q+1/t17-,18-/m1/s1. The van der Waals surface area contributed by atoms with Crippen molar-refractivity contribution in [2.45, 2.75) is 44.9 Å². The molecule has 1 fully saturated rings. The first-order chi connectivity index (χ1) is 8.81. The van der Waals surface area contributed by atoms with Crippen LogP contribution in [0.1, 0.15) is 43.7 Å². The van der Waals surface area contributed by atoms with Gasteiger partial charge in [0.15, 0.2) is 0 Å². The van der Waals surface area contributed by atoms with Crippen LogP contribution < -0.4 is 0 Å². The fourth-order valence-electron chi connectivity index (χ4n) is 3.74. The van der Waals surface area contributed by atoms with Crippen molar-refractivity contribution in [3.63, 3.8) is 0 Å². The molecule has 2 atom stereocenters. The lowest BCUT2D eigenvalue weighted by molar-refractivity contribution is -0.874. The summed E-state index contributed by atoms with van der Waals surface area (Å²) in [4.78, 5) is 0. The summed E-state index contributed by atoms with van der Waals surface area (Å²) < 4.78 is 1.08. The van der Waals surface area contributed by atoms with Gasteiger partial charge in [-0.25, -0.2) is 0 Å². The molecule has 0 N–H and O–H groups in total. The molecule has 2 rings (SSSR count). The molecule has 0 radical (unpaired) electrons. The molecule has 0 unspecified atom stereocenters. The minimum atomic E-state index is 0.371. The Morgan fingerprint density at radius 1 is 1.21 bits per heavy atom. The first-order valence-corrected chi connectivity index (χ1v) is 7.69. The summed E-state index contributed by atoms with van der Waals surface area (Å²) in [6, 6.07) is 9.20. The zero-order chi connectivity index (χ0) is 14.1. The molecule has 19 heavy (non-hydrogen) atoms. The van der Waals surface area contributed by atoms with E-state index in [1.54, 1.807) is 5.56 Å². The van der Waals surface area contributed by atoms with E-state index in [0.29, 0.717) is 5.41 Å². The van der Waals surface area contributed by atoms with Gasteiger partial charge in [0.1, 0.15) is 0 Å². The smallest absolute Gasteiger partial charge is 0.0817 e. The molecular formula is C18H30N+. The summed E-state index contributed by atoms with van der Waals surface area (Å²) in [5.41, 5.74) is 3.33. The van der Waals surface area contributed by atoms with Crippen LogP contribution in [0.25, 0.3) is 0 Å². The molecule has 0 aliphatic heterocycles. The van der Waals surface area contributed by atoms with E-state index in [9.17, 15) is 0 Å². The Hall–Kier alpha value is -0.820. The predicted octanol–water partition coefficient (Wildman–Crippen LogP) is 4.15. The van der Waals surface area contributed by atoms with Gasteiger partial charge in [-0.1, -0.05) is 49.6 Å². The SMILES string of the molecule is Cc1cccc([C@@]2(C)CCCC[C@@H]2C[N+](C)(C)C)c1. The third kappa shape index (κ3) is 3.39. The lowest BCUT2D eigenvalue weighted by atomic mass is 9.63. The third-order valence-electron chi connectivity index (χ3n) is 4.85. The van der Waals surface area contributed by atoms with Crippen molar-refractivity contribution in [2.24, 2.45) is 5.92 Å². The topological polar surface area (TPSA) is 0 Å². The molecule has 106 valence electrons. The maximum Gasteiger partial charge on any atom is 0.0817 e. The summed E-state index contributed by atoms with van der Waals surface area (Å²) in [6.45, 7) is 6.00. The van der Waals surface area contributed by atoms with Crippen molar-refractivity contribution >= 4 is 0 Å². The number of aryl methyl sites for hydroxylation is 1. The lowest BCUT2D eigenvalue weighted by Gasteiger charge is -2.44. The molecule has 1 saturated carbocycles. The Morgan fingerprint density at radius 3 is 2.58 bits per heavy atom. The van der Waals surface area contributed by atoms with E-state index < -0.39 is 0 Å². The summed E-state index contributed by atoms with van der Waals surface area (Å²) >= 11 is 0. The number of benzene rings is 1. The minimum absolute atomic E-state index is 0.371. The number of rotatable bonds is 3. The van der Waals surface area contributed by atoms with Crippen LogP contribution in [0.2, 0.25) is 0 Å². The van der Waals surface area contributed by atoms with Crippen molar-refractivity contribution in [1.29, 1.82) is 0 Å². The molecule has 0 amide bonds. The molecule has 1 heteroatoms. The minimum Gasteiger partial charge on any atom is -0.331 e. The zero-order valence-electron chi connectivity index (χ0n) is 13.4. The van der Waals surface area contributed by atoms with Crippen molar-refractivity contribution in [3.05, 3.63) is 35.4 Å². The largest absolute Gasteiger partial charge is 0.331 e. The zero-order valence-corrected chi connectivity index (χ0v) is 13.4. The van der Waals surface area contributed by atoms with Crippen molar-refractivity contribution in [1.82, 2.24) is 0 Å². The summed E-state index contributed by atoms with van der Waals surface area (Å²) in [5, 5.41) is 0. The number of nitrogens with zero attached hydrogens (tertiary/aromatic N) is 1. The van der Waals surface area contributed by atoms with E-state index in [4.69, 9.17) is 0 Å². The molecule has 1 aromatic carbocycles. The van der Waals surface area contributed by atoms with Crippen molar-refractivity contribution in [2.75, 3.05) is 27.7 Å². The second-order valence-electron chi connectivity index (χ2n) is 7.70. The van der Waals surface area contributed by atoms with E-state index >= 15 is 0 Å². The molecule has 1 nitrogen and oxygen atoms in total. The van der Waals surface area contributed by atoms with Gasteiger partial charge in [-0.3, -0.25) is 0 Å². The Labute approximate surface area is 119 Å². The molecule has 0 bridgehead atoms. The van der Waals surface area contributed by atoms with Crippen LogP contribution in [0.5, 0.6) is 0 Å². The van der Waals surface area contributed by atoms with E-state index in [1.165, 1.54) is 37.8 Å².